The molecule has 0 aliphatic carbocycles. The molecule has 3 aromatic rings. The minimum absolute atomic E-state index is 0.103. The molecule has 4 heterocycles. The number of amides is 1. The Morgan fingerprint density at radius 1 is 1.14 bits per heavy atom. The molecule has 0 saturated carbocycles. The second-order valence-electron chi connectivity index (χ2n) is 8.92. The standard InChI is InChI=1S/C25H26F3N7O2/c1-15-20(10-18(14-30-15)31-23(36)16-3-2-4-17(9-16)25(26,27)28)21-11-22(35-5-7-37-8-6-35)34-24(33-21)32-19-12-29-13-19/h2-4,9-11,14,19,29H,5-8,12-13H2,1H3,(H,31,36)(H,32,33,34). The molecule has 2 saturated heterocycles. The first-order valence-corrected chi connectivity index (χ1v) is 11.9. The molecule has 0 atom stereocenters. The lowest BCUT2D eigenvalue weighted by Gasteiger charge is -2.30. The van der Waals surface area contributed by atoms with Gasteiger partial charge >= 0.3 is 6.18 Å². The molecule has 0 radical (unpaired) electrons. The highest BCUT2D eigenvalue weighted by atomic mass is 19.4. The minimum Gasteiger partial charge on any atom is -0.378 e. The van der Waals surface area contributed by atoms with Crippen LogP contribution in [0.5, 0.6) is 0 Å². The number of benzene rings is 1. The van der Waals surface area contributed by atoms with Gasteiger partial charge in [0.15, 0.2) is 0 Å². The van der Waals surface area contributed by atoms with Crippen LogP contribution in [0.25, 0.3) is 11.3 Å². The van der Waals surface area contributed by atoms with Gasteiger partial charge < -0.3 is 25.6 Å². The summed E-state index contributed by atoms with van der Waals surface area (Å²) in [7, 11) is 0. The van der Waals surface area contributed by atoms with Crippen molar-refractivity contribution in [2.24, 2.45) is 0 Å². The molecule has 0 spiro atoms. The van der Waals surface area contributed by atoms with Gasteiger partial charge in [0, 0.05) is 49.1 Å². The summed E-state index contributed by atoms with van der Waals surface area (Å²) in [6.07, 6.45) is -3.07. The fraction of sp³-hybridized carbons (Fsp3) is 0.360. The van der Waals surface area contributed by atoms with E-state index in [1.807, 2.05) is 13.0 Å². The highest BCUT2D eigenvalue weighted by Gasteiger charge is 2.31. The van der Waals surface area contributed by atoms with Crippen molar-refractivity contribution in [2.45, 2.75) is 19.1 Å². The first kappa shape index (κ1) is 24.9. The fourth-order valence-corrected chi connectivity index (χ4v) is 4.07. The van der Waals surface area contributed by atoms with Gasteiger partial charge in [-0.3, -0.25) is 9.78 Å². The Hall–Kier alpha value is -3.77. The molecule has 2 fully saturated rings. The van der Waals surface area contributed by atoms with Crippen molar-refractivity contribution < 1.29 is 22.7 Å². The highest BCUT2D eigenvalue weighted by molar-refractivity contribution is 6.04. The number of rotatable bonds is 6. The molecule has 0 bridgehead atoms. The number of anilines is 3. The van der Waals surface area contributed by atoms with E-state index in [2.05, 4.69) is 25.8 Å². The van der Waals surface area contributed by atoms with Gasteiger partial charge in [-0.25, -0.2) is 4.98 Å². The lowest BCUT2D eigenvalue weighted by atomic mass is 10.1. The number of carbonyl (C=O) groups excluding carboxylic acids is 1. The molecule has 2 aliphatic heterocycles. The summed E-state index contributed by atoms with van der Waals surface area (Å²) >= 11 is 0. The normalized spacial score (nSPS) is 16.3. The van der Waals surface area contributed by atoms with E-state index in [9.17, 15) is 18.0 Å². The van der Waals surface area contributed by atoms with E-state index in [4.69, 9.17) is 14.7 Å². The van der Waals surface area contributed by atoms with Gasteiger partial charge in [-0.05, 0) is 31.2 Å². The number of nitrogens with zero attached hydrogens (tertiary/aromatic N) is 4. The van der Waals surface area contributed by atoms with Crippen LogP contribution >= 0.6 is 0 Å². The maximum absolute atomic E-state index is 13.1. The van der Waals surface area contributed by atoms with Gasteiger partial charge in [0.25, 0.3) is 5.91 Å². The van der Waals surface area contributed by atoms with Crippen LogP contribution in [0.4, 0.5) is 30.6 Å². The molecule has 3 N–H and O–H groups in total. The van der Waals surface area contributed by atoms with Crippen molar-refractivity contribution in [1.29, 1.82) is 0 Å². The van der Waals surface area contributed by atoms with Crippen molar-refractivity contribution in [3.05, 3.63) is 59.4 Å². The Bertz CT molecular complexity index is 1290. The van der Waals surface area contributed by atoms with Gasteiger partial charge in [0.1, 0.15) is 5.82 Å². The predicted octanol–water partition coefficient (Wildman–Crippen LogP) is 3.34. The zero-order chi connectivity index (χ0) is 26.0. The molecular weight excluding hydrogens is 487 g/mol. The number of morpholine rings is 1. The lowest BCUT2D eigenvalue weighted by Crippen LogP contribution is -2.51. The molecule has 0 unspecified atom stereocenters. The Morgan fingerprint density at radius 3 is 2.62 bits per heavy atom. The number of pyridine rings is 1. The van der Waals surface area contributed by atoms with Gasteiger partial charge in [0.2, 0.25) is 5.95 Å². The van der Waals surface area contributed by atoms with Crippen LogP contribution in [-0.4, -0.2) is 66.3 Å². The first-order chi connectivity index (χ1) is 17.8. The van der Waals surface area contributed by atoms with Crippen LogP contribution < -0.4 is 20.9 Å². The number of carbonyl (C=O) groups is 1. The summed E-state index contributed by atoms with van der Waals surface area (Å²) in [6.45, 7) is 6.07. The Morgan fingerprint density at radius 2 is 1.92 bits per heavy atom. The van der Waals surface area contributed by atoms with Gasteiger partial charge in [0.05, 0.1) is 42.4 Å². The van der Waals surface area contributed by atoms with Crippen LogP contribution in [-0.2, 0) is 10.9 Å². The molecular formula is C25H26F3N7O2. The molecule has 9 nitrogen and oxygen atoms in total. The van der Waals surface area contributed by atoms with Crippen LogP contribution in [0.2, 0.25) is 0 Å². The SMILES string of the molecule is Cc1ncc(NC(=O)c2cccc(C(F)(F)F)c2)cc1-c1cc(N2CCOCC2)nc(NC2CNC2)n1. The summed E-state index contributed by atoms with van der Waals surface area (Å²) in [4.78, 5) is 28.7. The number of alkyl halides is 3. The Labute approximate surface area is 211 Å². The quantitative estimate of drug-likeness (QED) is 0.461. The molecule has 5 rings (SSSR count). The number of halogens is 3. The zero-order valence-corrected chi connectivity index (χ0v) is 20.1. The number of nitrogens with one attached hydrogen (secondary N) is 3. The van der Waals surface area contributed by atoms with Gasteiger partial charge in [-0.2, -0.15) is 18.2 Å². The molecule has 2 aliphatic rings. The van der Waals surface area contributed by atoms with E-state index in [1.165, 1.54) is 18.3 Å². The first-order valence-electron chi connectivity index (χ1n) is 11.9. The molecule has 37 heavy (non-hydrogen) atoms. The van der Waals surface area contributed by atoms with Crippen molar-refractivity contribution in [1.82, 2.24) is 20.3 Å². The summed E-state index contributed by atoms with van der Waals surface area (Å²) in [5.41, 5.74) is 1.32. The highest BCUT2D eigenvalue weighted by Crippen LogP contribution is 2.31. The van der Waals surface area contributed by atoms with E-state index < -0.39 is 17.6 Å². The van der Waals surface area contributed by atoms with E-state index in [-0.39, 0.29) is 11.6 Å². The maximum Gasteiger partial charge on any atom is 0.416 e. The molecule has 1 aromatic carbocycles. The smallest absolute Gasteiger partial charge is 0.378 e. The van der Waals surface area contributed by atoms with Crippen molar-refractivity contribution in [2.75, 3.05) is 54.9 Å². The zero-order valence-electron chi connectivity index (χ0n) is 20.1. The number of hydrogen-bond acceptors (Lipinski definition) is 8. The van der Waals surface area contributed by atoms with Gasteiger partial charge in [-0.15, -0.1) is 0 Å². The third kappa shape index (κ3) is 5.81. The van der Waals surface area contributed by atoms with E-state index in [1.54, 1.807) is 6.07 Å². The average Bonchev–Trinajstić information content (AvgIpc) is 2.87. The molecule has 1 amide bonds. The molecule has 194 valence electrons. The van der Waals surface area contributed by atoms with Crippen molar-refractivity contribution in [3.63, 3.8) is 0 Å². The van der Waals surface area contributed by atoms with Crippen LogP contribution in [0.1, 0.15) is 21.6 Å². The minimum atomic E-state index is -4.54. The number of aryl methyl sites for hydroxylation is 1. The Kier molecular flexibility index (Phi) is 6.94. The third-order valence-electron chi connectivity index (χ3n) is 6.24. The maximum atomic E-state index is 13.1. The van der Waals surface area contributed by atoms with E-state index >= 15 is 0 Å². The van der Waals surface area contributed by atoms with Crippen molar-refractivity contribution >= 4 is 23.4 Å². The van der Waals surface area contributed by atoms with Crippen LogP contribution in [0.3, 0.4) is 0 Å². The van der Waals surface area contributed by atoms with Crippen LogP contribution in [0, 0.1) is 6.92 Å². The monoisotopic (exact) mass is 513 g/mol. The second kappa shape index (κ2) is 10.3. The predicted molar refractivity (Wildman–Crippen MR) is 133 cm³/mol. The summed E-state index contributed by atoms with van der Waals surface area (Å²) in [5.74, 6) is 0.573. The number of ether oxygens (including phenoxy) is 1. The van der Waals surface area contributed by atoms with E-state index in [0.29, 0.717) is 54.9 Å². The second-order valence-corrected chi connectivity index (χ2v) is 8.92. The molecule has 12 heteroatoms. The summed E-state index contributed by atoms with van der Waals surface area (Å²) in [6, 6.07) is 8.10. The lowest BCUT2D eigenvalue weighted by molar-refractivity contribution is -0.137. The fourth-order valence-electron chi connectivity index (χ4n) is 4.07. The molecule has 2 aromatic heterocycles. The number of hydrogen-bond donors (Lipinski definition) is 3. The topological polar surface area (TPSA) is 104 Å². The summed E-state index contributed by atoms with van der Waals surface area (Å²) < 4.78 is 44.7. The summed E-state index contributed by atoms with van der Waals surface area (Å²) in [5, 5.41) is 9.21. The van der Waals surface area contributed by atoms with Crippen LogP contribution in [0.15, 0.2) is 42.6 Å². The third-order valence-corrected chi connectivity index (χ3v) is 6.24. The van der Waals surface area contributed by atoms with Gasteiger partial charge in [-0.1, -0.05) is 6.07 Å². The largest absolute Gasteiger partial charge is 0.416 e. The van der Waals surface area contributed by atoms with E-state index in [0.717, 1.165) is 31.0 Å². The number of aromatic nitrogens is 3. The Balaban J connectivity index is 1.44. The average molecular weight is 514 g/mol. The van der Waals surface area contributed by atoms with Crippen molar-refractivity contribution in [3.8, 4) is 11.3 Å².